The van der Waals surface area contributed by atoms with Gasteiger partial charge in [0.05, 0.1) is 31.3 Å². The van der Waals surface area contributed by atoms with E-state index in [1.54, 1.807) is 32.2 Å². The number of hydrogen-bond donors (Lipinski definition) is 2. The van der Waals surface area contributed by atoms with Crippen LogP contribution in [0.25, 0.3) is 0 Å². The minimum atomic E-state index is -0.731. The van der Waals surface area contributed by atoms with Crippen molar-refractivity contribution in [2.75, 3.05) is 46.6 Å². The molecule has 1 aromatic rings. The van der Waals surface area contributed by atoms with E-state index in [1.165, 1.54) is 13.3 Å². The van der Waals surface area contributed by atoms with Gasteiger partial charge in [0.15, 0.2) is 0 Å². The molecule has 2 N–H and O–H groups in total. The molecule has 0 bridgehead atoms. The highest BCUT2D eigenvalue weighted by Gasteiger charge is 2.41. The predicted molar refractivity (Wildman–Crippen MR) is 129 cm³/mol. The van der Waals surface area contributed by atoms with Crippen LogP contribution in [0.3, 0.4) is 0 Å². The number of amides is 2. The number of carbonyl (C=O) groups is 3. The van der Waals surface area contributed by atoms with Crippen LogP contribution in [0.2, 0.25) is 0 Å². The van der Waals surface area contributed by atoms with Crippen molar-refractivity contribution in [3.63, 3.8) is 0 Å². The Morgan fingerprint density at radius 1 is 0.971 bits per heavy atom. The van der Waals surface area contributed by atoms with Gasteiger partial charge in [-0.25, -0.2) is 0 Å². The Labute approximate surface area is 203 Å². The number of nitrogens with zero attached hydrogens (tertiary/aromatic N) is 1. The van der Waals surface area contributed by atoms with Crippen molar-refractivity contribution in [2.45, 2.75) is 53.4 Å². The van der Waals surface area contributed by atoms with Gasteiger partial charge in [0.2, 0.25) is 5.91 Å². The number of pyridine rings is 1. The Morgan fingerprint density at radius 2 is 1.59 bits per heavy atom. The first kappa shape index (κ1) is 29.5. The van der Waals surface area contributed by atoms with Crippen molar-refractivity contribution in [2.24, 2.45) is 10.8 Å². The lowest BCUT2D eigenvalue weighted by Gasteiger charge is -2.34. The number of aromatic nitrogens is 1. The predicted octanol–water partition coefficient (Wildman–Crippen LogP) is 2.75. The summed E-state index contributed by atoms with van der Waals surface area (Å²) in [6.07, 6.45) is 5.59. The van der Waals surface area contributed by atoms with Gasteiger partial charge < -0.3 is 24.8 Å². The summed E-state index contributed by atoms with van der Waals surface area (Å²) < 4.78 is 15.9. The molecule has 34 heavy (non-hydrogen) atoms. The zero-order valence-electron chi connectivity index (χ0n) is 21.3. The van der Waals surface area contributed by atoms with Crippen molar-refractivity contribution in [3.05, 3.63) is 30.1 Å². The highest BCUT2D eigenvalue weighted by atomic mass is 16.5. The van der Waals surface area contributed by atoms with Gasteiger partial charge in [-0.15, -0.1) is 0 Å². The molecule has 192 valence electrons. The molecule has 0 spiro atoms. The van der Waals surface area contributed by atoms with Crippen molar-refractivity contribution in [1.82, 2.24) is 15.6 Å². The summed E-state index contributed by atoms with van der Waals surface area (Å²) in [7, 11) is 1.36. The summed E-state index contributed by atoms with van der Waals surface area (Å²) in [5.41, 5.74) is -0.841. The largest absolute Gasteiger partial charge is 0.469 e. The summed E-state index contributed by atoms with van der Waals surface area (Å²) in [6.45, 7) is 10.5. The van der Waals surface area contributed by atoms with E-state index in [4.69, 9.17) is 14.2 Å². The molecule has 1 aromatic heterocycles. The second-order valence-corrected chi connectivity index (χ2v) is 9.15. The lowest BCUT2D eigenvalue weighted by atomic mass is 9.72. The average molecular weight is 480 g/mol. The minimum Gasteiger partial charge on any atom is -0.469 e. The standard InChI is InChI=1S/C25H41N3O6/c1-6-25(4,19-24(2,3)23(31)32-5)22(30)28-13-9-15-34-17-16-33-14-8-12-27-21(29)20-10-7-11-26-18-20/h7,10-11,18H,6,8-9,12-17,19H2,1-5H3,(H,27,29)(H,28,30). The molecule has 1 heterocycles. The van der Waals surface area contributed by atoms with E-state index in [1.807, 2.05) is 13.8 Å². The molecular weight excluding hydrogens is 438 g/mol. The number of nitrogens with one attached hydrogen (secondary N) is 2. The van der Waals surface area contributed by atoms with E-state index in [9.17, 15) is 14.4 Å². The number of hydrogen-bond acceptors (Lipinski definition) is 7. The van der Waals surface area contributed by atoms with Crippen molar-refractivity contribution >= 4 is 17.8 Å². The van der Waals surface area contributed by atoms with Crippen LogP contribution in [0.15, 0.2) is 24.5 Å². The number of rotatable bonds is 17. The number of ether oxygens (including phenoxy) is 3. The van der Waals surface area contributed by atoms with Gasteiger partial charge in [-0.1, -0.05) is 13.8 Å². The number of carbonyl (C=O) groups excluding carboxylic acids is 3. The van der Waals surface area contributed by atoms with Crippen molar-refractivity contribution < 1.29 is 28.6 Å². The van der Waals surface area contributed by atoms with Gasteiger partial charge in [-0.3, -0.25) is 19.4 Å². The smallest absolute Gasteiger partial charge is 0.311 e. The van der Waals surface area contributed by atoms with Gasteiger partial charge in [0.1, 0.15) is 0 Å². The first-order valence-corrected chi connectivity index (χ1v) is 11.9. The van der Waals surface area contributed by atoms with Gasteiger partial charge in [-0.05, 0) is 51.7 Å². The Morgan fingerprint density at radius 3 is 2.12 bits per heavy atom. The maximum Gasteiger partial charge on any atom is 0.311 e. The van der Waals surface area contributed by atoms with Crippen LogP contribution < -0.4 is 10.6 Å². The van der Waals surface area contributed by atoms with Crippen molar-refractivity contribution in [1.29, 1.82) is 0 Å². The van der Waals surface area contributed by atoms with Crippen LogP contribution in [0.5, 0.6) is 0 Å². The summed E-state index contributed by atoms with van der Waals surface area (Å²) >= 11 is 0. The third-order valence-corrected chi connectivity index (χ3v) is 5.70. The molecule has 0 aliphatic heterocycles. The molecule has 0 aliphatic rings. The number of methoxy groups -OCH3 is 1. The van der Waals surface area contributed by atoms with Crippen LogP contribution >= 0.6 is 0 Å². The molecule has 1 rings (SSSR count). The molecule has 9 heteroatoms. The average Bonchev–Trinajstić information content (AvgIpc) is 2.83. The summed E-state index contributed by atoms with van der Waals surface area (Å²) in [5.74, 6) is -0.522. The van der Waals surface area contributed by atoms with Crippen LogP contribution in [0.1, 0.15) is 63.7 Å². The lowest BCUT2D eigenvalue weighted by molar-refractivity contribution is -0.153. The zero-order chi connectivity index (χ0) is 25.5. The van der Waals surface area contributed by atoms with E-state index in [0.717, 1.165) is 0 Å². The second kappa shape index (κ2) is 15.4. The Kier molecular flexibility index (Phi) is 13.4. The first-order valence-electron chi connectivity index (χ1n) is 11.9. The topological polar surface area (TPSA) is 116 Å². The van der Waals surface area contributed by atoms with E-state index in [2.05, 4.69) is 15.6 Å². The van der Waals surface area contributed by atoms with Gasteiger partial charge >= 0.3 is 5.97 Å². The zero-order valence-corrected chi connectivity index (χ0v) is 21.3. The Balaban J connectivity index is 2.08. The quantitative estimate of drug-likeness (QED) is 0.261. The fourth-order valence-electron chi connectivity index (χ4n) is 3.58. The highest BCUT2D eigenvalue weighted by molar-refractivity contribution is 5.93. The van der Waals surface area contributed by atoms with Gasteiger partial charge in [0.25, 0.3) is 5.91 Å². The van der Waals surface area contributed by atoms with Crippen LogP contribution in [0.4, 0.5) is 0 Å². The molecule has 0 saturated carbocycles. The molecular formula is C25H41N3O6. The fourth-order valence-corrected chi connectivity index (χ4v) is 3.58. The third-order valence-electron chi connectivity index (χ3n) is 5.70. The second-order valence-electron chi connectivity index (χ2n) is 9.15. The Hall–Kier alpha value is -2.52. The molecule has 0 aromatic carbocycles. The molecule has 1 atom stereocenters. The first-order chi connectivity index (χ1) is 16.2. The molecule has 2 amide bonds. The van der Waals surface area contributed by atoms with E-state index in [0.29, 0.717) is 70.8 Å². The van der Waals surface area contributed by atoms with Gasteiger partial charge in [-0.2, -0.15) is 0 Å². The SMILES string of the molecule is CCC(C)(CC(C)(C)C(=O)OC)C(=O)NCCCOCCOCCCNC(=O)c1cccnc1. The molecule has 0 aliphatic carbocycles. The van der Waals surface area contributed by atoms with E-state index >= 15 is 0 Å². The maximum atomic E-state index is 12.7. The van der Waals surface area contributed by atoms with Crippen molar-refractivity contribution in [3.8, 4) is 0 Å². The normalized spacial score (nSPS) is 13.1. The molecule has 0 radical (unpaired) electrons. The molecule has 0 saturated heterocycles. The number of esters is 1. The van der Waals surface area contributed by atoms with E-state index < -0.39 is 10.8 Å². The fraction of sp³-hybridized carbons (Fsp3) is 0.680. The Bertz CT molecular complexity index is 756. The summed E-state index contributed by atoms with van der Waals surface area (Å²) in [6, 6.07) is 3.44. The van der Waals surface area contributed by atoms with Crippen LogP contribution in [-0.2, 0) is 23.8 Å². The minimum absolute atomic E-state index is 0.0640. The van der Waals surface area contributed by atoms with Gasteiger partial charge in [0, 0.05) is 44.1 Å². The van der Waals surface area contributed by atoms with Crippen LogP contribution in [-0.4, -0.2) is 69.4 Å². The van der Waals surface area contributed by atoms with E-state index in [-0.39, 0.29) is 17.8 Å². The molecule has 1 unspecified atom stereocenters. The molecule has 9 nitrogen and oxygen atoms in total. The monoisotopic (exact) mass is 479 g/mol. The third kappa shape index (κ3) is 10.6. The lowest BCUT2D eigenvalue weighted by Crippen LogP contribution is -2.43. The molecule has 0 fully saturated rings. The highest BCUT2D eigenvalue weighted by Crippen LogP contribution is 2.37. The summed E-state index contributed by atoms with van der Waals surface area (Å²) in [5, 5.41) is 5.78. The summed E-state index contributed by atoms with van der Waals surface area (Å²) in [4.78, 5) is 40.5. The maximum absolute atomic E-state index is 12.7. The van der Waals surface area contributed by atoms with Crippen LogP contribution in [0, 0.1) is 10.8 Å².